The zero-order chi connectivity index (χ0) is 17.9. The van der Waals surface area contributed by atoms with Crippen LogP contribution in [0.15, 0.2) is 54.6 Å². The number of carbonyl (C=O) groups is 1. The predicted octanol–water partition coefficient (Wildman–Crippen LogP) is 2.50. The second-order valence-electron chi connectivity index (χ2n) is 6.03. The van der Waals surface area contributed by atoms with Crippen molar-refractivity contribution < 1.29 is 4.79 Å². The van der Waals surface area contributed by atoms with Gasteiger partial charge >= 0.3 is 0 Å². The van der Waals surface area contributed by atoms with Gasteiger partial charge in [0.25, 0.3) is 0 Å². The summed E-state index contributed by atoms with van der Waals surface area (Å²) >= 11 is 5.87. The summed E-state index contributed by atoms with van der Waals surface area (Å²) in [7, 11) is 0. The van der Waals surface area contributed by atoms with E-state index in [1.165, 1.54) is 5.56 Å². The summed E-state index contributed by atoms with van der Waals surface area (Å²) in [6, 6.07) is 18.0. The lowest BCUT2D eigenvalue weighted by Crippen LogP contribution is -2.41. The number of nitrogens with zero attached hydrogens (tertiary/aromatic N) is 1. The summed E-state index contributed by atoms with van der Waals surface area (Å²) in [4.78, 5) is 14.3. The Kier molecular flexibility index (Phi) is 8.46. The van der Waals surface area contributed by atoms with Crippen LogP contribution in [0.5, 0.6) is 0 Å². The fourth-order valence-corrected chi connectivity index (χ4v) is 2.77. The lowest BCUT2D eigenvalue weighted by molar-refractivity contribution is -0.122. The monoisotopic (exact) mass is 359 g/mol. The largest absolute Gasteiger partial charge is 0.355 e. The van der Waals surface area contributed by atoms with Crippen molar-refractivity contribution in [3.8, 4) is 0 Å². The fourth-order valence-electron chi connectivity index (χ4n) is 2.64. The van der Waals surface area contributed by atoms with E-state index in [0.717, 1.165) is 36.5 Å². The molecule has 0 aliphatic carbocycles. The number of nitrogens with two attached hydrogens (primary N) is 1. The number of halogens is 1. The molecule has 5 heteroatoms. The Balaban J connectivity index is 1.72. The van der Waals surface area contributed by atoms with Gasteiger partial charge in [-0.15, -0.1) is 0 Å². The standard InChI is InChI=1S/C20H26ClN3O/c21-19-8-6-18(7-9-19)10-13-23-20(25)16-24(15-12-22)14-11-17-4-2-1-3-5-17/h1-9H,10-16,22H2,(H,23,25). The van der Waals surface area contributed by atoms with Crippen LogP contribution in [0.2, 0.25) is 5.02 Å². The van der Waals surface area contributed by atoms with E-state index < -0.39 is 0 Å². The van der Waals surface area contributed by atoms with E-state index in [9.17, 15) is 4.79 Å². The molecule has 3 N–H and O–H groups in total. The maximum absolute atomic E-state index is 12.2. The highest BCUT2D eigenvalue weighted by molar-refractivity contribution is 6.30. The SMILES string of the molecule is NCCN(CCc1ccccc1)CC(=O)NCCc1ccc(Cl)cc1. The molecule has 0 aromatic heterocycles. The number of benzene rings is 2. The molecule has 4 nitrogen and oxygen atoms in total. The zero-order valence-corrected chi connectivity index (χ0v) is 15.2. The van der Waals surface area contributed by atoms with Gasteiger partial charge in [0.05, 0.1) is 6.54 Å². The minimum absolute atomic E-state index is 0.0375. The van der Waals surface area contributed by atoms with Crippen molar-refractivity contribution in [3.63, 3.8) is 0 Å². The molecule has 1 amide bonds. The summed E-state index contributed by atoms with van der Waals surface area (Å²) in [5.41, 5.74) is 8.11. The Morgan fingerprint density at radius 1 is 0.960 bits per heavy atom. The van der Waals surface area contributed by atoms with Crippen LogP contribution in [0, 0.1) is 0 Å². The summed E-state index contributed by atoms with van der Waals surface area (Å²) in [5, 5.41) is 3.70. The lowest BCUT2D eigenvalue weighted by Gasteiger charge is -2.21. The molecule has 2 aromatic rings. The van der Waals surface area contributed by atoms with E-state index in [2.05, 4.69) is 22.3 Å². The number of carbonyl (C=O) groups excluding carboxylic acids is 1. The van der Waals surface area contributed by atoms with Gasteiger partial charge < -0.3 is 11.1 Å². The Bertz CT molecular complexity index is 631. The second-order valence-corrected chi connectivity index (χ2v) is 6.46. The molecule has 0 saturated heterocycles. The molecule has 0 bridgehead atoms. The molecular formula is C20H26ClN3O. The van der Waals surface area contributed by atoms with E-state index >= 15 is 0 Å². The van der Waals surface area contributed by atoms with Crippen molar-refractivity contribution >= 4 is 17.5 Å². The first kappa shape index (κ1) is 19.4. The van der Waals surface area contributed by atoms with Crippen LogP contribution in [0.1, 0.15) is 11.1 Å². The second kappa shape index (κ2) is 10.9. The van der Waals surface area contributed by atoms with E-state index in [1.54, 1.807) is 0 Å². The van der Waals surface area contributed by atoms with Gasteiger partial charge in [-0.2, -0.15) is 0 Å². The van der Waals surface area contributed by atoms with Crippen LogP contribution in [0.25, 0.3) is 0 Å². The highest BCUT2D eigenvalue weighted by Gasteiger charge is 2.10. The highest BCUT2D eigenvalue weighted by Crippen LogP contribution is 2.09. The average molecular weight is 360 g/mol. The Labute approximate surface area is 155 Å². The Hall–Kier alpha value is -1.88. The van der Waals surface area contributed by atoms with Crippen molar-refractivity contribution in [1.82, 2.24) is 10.2 Å². The number of rotatable bonds is 10. The summed E-state index contributed by atoms with van der Waals surface area (Å²) in [6.07, 6.45) is 1.71. The van der Waals surface area contributed by atoms with Crippen LogP contribution in [-0.2, 0) is 17.6 Å². The quantitative estimate of drug-likeness (QED) is 0.685. The fraction of sp³-hybridized carbons (Fsp3) is 0.350. The third-order valence-corrected chi connectivity index (χ3v) is 4.27. The molecular weight excluding hydrogens is 334 g/mol. The Morgan fingerprint density at radius 2 is 1.64 bits per heavy atom. The first-order chi connectivity index (χ1) is 12.2. The van der Waals surface area contributed by atoms with Crippen LogP contribution in [-0.4, -0.2) is 43.5 Å². The average Bonchev–Trinajstić information content (AvgIpc) is 2.62. The Morgan fingerprint density at radius 3 is 2.32 bits per heavy atom. The normalized spacial score (nSPS) is 10.8. The first-order valence-electron chi connectivity index (χ1n) is 8.65. The van der Waals surface area contributed by atoms with Gasteiger partial charge in [0, 0.05) is 31.2 Å². The zero-order valence-electron chi connectivity index (χ0n) is 14.5. The predicted molar refractivity (Wildman–Crippen MR) is 104 cm³/mol. The molecule has 2 rings (SSSR count). The van der Waals surface area contributed by atoms with Crippen molar-refractivity contribution in [3.05, 3.63) is 70.7 Å². The van der Waals surface area contributed by atoms with Crippen molar-refractivity contribution in [2.24, 2.45) is 5.73 Å². The number of hydrogen-bond donors (Lipinski definition) is 2. The van der Waals surface area contributed by atoms with Crippen molar-refractivity contribution in [1.29, 1.82) is 0 Å². The van der Waals surface area contributed by atoms with Gasteiger partial charge in [-0.25, -0.2) is 0 Å². The lowest BCUT2D eigenvalue weighted by atomic mass is 10.1. The maximum Gasteiger partial charge on any atom is 0.234 e. The molecule has 0 aliphatic heterocycles. The van der Waals surface area contributed by atoms with Gasteiger partial charge in [0.2, 0.25) is 5.91 Å². The minimum Gasteiger partial charge on any atom is -0.355 e. The van der Waals surface area contributed by atoms with Gasteiger partial charge in [0.15, 0.2) is 0 Å². The highest BCUT2D eigenvalue weighted by atomic mass is 35.5. The first-order valence-corrected chi connectivity index (χ1v) is 9.02. The molecule has 0 unspecified atom stereocenters. The molecule has 0 heterocycles. The van der Waals surface area contributed by atoms with Crippen molar-refractivity contribution in [2.45, 2.75) is 12.8 Å². The van der Waals surface area contributed by atoms with E-state index in [1.807, 2.05) is 42.5 Å². The van der Waals surface area contributed by atoms with Crippen molar-refractivity contribution in [2.75, 3.05) is 32.7 Å². The van der Waals surface area contributed by atoms with Gasteiger partial charge in [-0.05, 0) is 36.1 Å². The van der Waals surface area contributed by atoms with Crippen LogP contribution in [0.4, 0.5) is 0 Å². The van der Waals surface area contributed by atoms with Gasteiger partial charge in [0.1, 0.15) is 0 Å². The molecule has 134 valence electrons. The molecule has 0 spiro atoms. The molecule has 0 atom stereocenters. The summed E-state index contributed by atoms with van der Waals surface area (Å²) in [6.45, 7) is 3.09. The van der Waals surface area contributed by atoms with Gasteiger partial charge in [-0.3, -0.25) is 9.69 Å². The summed E-state index contributed by atoms with van der Waals surface area (Å²) < 4.78 is 0. The third-order valence-electron chi connectivity index (χ3n) is 4.02. The molecule has 25 heavy (non-hydrogen) atoms. The smallest absolute Gasteiger partial charge is 0.234 e. The minimum atomic E-state index is 0.0375. The van der Waals surface area contributed by atoms with Crippen LogP contribution < -0.4 is 11.1 Å². The van der Waals surface area contributed by atoms with E-state index in [4.69, 9.17) is 17.3 Å². The van der Waals surface area contributed by atoms with E-state index in [0.29, 0.717) is 19.6 Å². The van der Waals surface area contributed by atoms with Crippen LogP contribution >= 0.6 is 11.6 Å². The molecule has 0 aliphatic rings. The topological polar surface area (TPSA) is 58.4 Å². The number of hydrogen-bond acceptors (Lipinski definition) is 3. The van der Waals surface area contributed by atoms with E-state index in [-0.39, 0.29) is 5.91 Å². The van der Waals surface area contributed by atoms with Gasteiger partial charge in [-0.1, -0.05) is 54.1 Å². The summed E-state index contributed by atoms with van der Waals surface area (Å²) in [5.74, 6) is 0.0375. The molecule has 0 radical (unpaired) electrons. The number of amides is 1. The van der Waals surface area contributed by atoms with Crippen LogP contribution in [0.3, 0.4) is 0 Å². The molecule has 0 fully saturated rings. The molecule has 2 aromatic carbocycles. The molecule has 0 saturated carbocycles. The third kappa shape index (κ3) is 7.69. The number of nitrogens with one attached hydrogen (secondary N) is 1. The maximum atomic E-state index is 12.2.